The van der Waals surface area contributed by atoms with E-state index in [0.29, 0.717) is 5.92 Å². The number of anilines is 1. The van der Waals surface area contributed by atoms with Gasteiger partial charge in [0.2, 0.25) is 0 Å². The predicted octanol–water partition coefficient (Wildman–Crippen LogP) is 1.72. The summed E-state index contributed by atoms with van der Waals surface area (Å²) < 4.78 is 9.85. The standard InChI is InChI=1S/C13H20N2O3S/c1-17-8-10-3-5-15(6-4-10)13-14-11(9-19-13)7-12(16)18-2/h9-10H,3-8H2,1-2H3. The number of aromatic nitrogens is 1. The van der Waals surface area contributed by atoms with Crippen molar-refractivity contribution in [3.05, 3.63) is 11.1 Å². The van der Waals surface area contributed by atoms with E-state index in [2.05, 4.69) is 14.6 Å². The number of methoxy groups -OCH3 is 2. The average molecular weight is 284 g/mol. The lowest BCUT2D eigenvalue weighted by atomic mass is 9.98. The first kappa shape index (κ1) is 14.3. The van der Waals surface area contributed by atoms with Gasteiger partial charge in [-0.15, -0.1) is 11.3 Å². The number of carbonyl (C=O) groups excluding carboxylic acids is 1. The zero-order valence-electron chi connectivity index (χ0n) is 11.4. The molecule has 0 N–H and O–H groups in total. The summed E-state index contributed by atoms with van der Waals surface area (Å²) in [4.78, 5) is 18.0. The fourth-order valence-electron chi connectivity index (χ4n) is 2.27. The molecule has 2 rings (SSSR count). The van der Waals surface area contributed by atoms with Crippen LogP contribution in [-0.2, 0) is 20.7 Å². The maximum Gasteiger partial charge on any atom is 0.311 e. The van der Waals surface area contributed by atoms with Crippen LogP contribution in [0, 0.1) is 5.92 Å². The summed E-state index contributed by atoms with van der Waals surface area (Å²) in [6, 6.07) is 0. The second-order valence-electron chi connectivity index (χ2n) is 4.76. The third-order valence-electron chi connectivity index (χ3n) is 3.38. The van der Waals surface area contributed by atoms with Crippen molar-refractivity contribution in [1.82, 2.24) is 4.98 Å². The Balaban J connectivity index is 1.88. The van der Waals surface area contributed by atoms with Gasteiger partial charge in [0.15, 0.2) is 5.13 Å². The Labute approximate surface area is 117 Å². The van der Waals surface area contributed by atoms with E-state index in [4.69, 9.17) is 4.74 Å². The van der Waals surface area contributed by atoms with Crippen molar-refractivity contribution >= 4 is 22.4 Å². The summed E-state index contributed by atoms with van der Waals surface area (Å²) in [7, 11) is 3.16. The molecule has 1 aliphatic heterocycles. The molecule has 0 saturated carbocycles. The molecule has 1 saturated heterocycles. The average Bonchev–Trinajstić information content (AvgIpc) is 2.88. The minimum absolute atomic E-state index is 0.240. The molecule has 2 heterocycles. The smallest absolute Gasteiger partial charge is 0.311 e. The van der Waals surface area contributed by atoms with E-state index in [9.17, 15) is 4.79 Å². The van der Waals surface area contributed by atoms with E-state index in [1.165, 1.54) is 7.11 Å². The molecule has 106 valence electrons. The van der Waals surface area contributed by atoms with Crippen LogP contribution in [0.3, 0.4) is 0 Å². The molecule has 1 aromatic heterocycles. The van der Waals surface area contributed by atoms with Crippen molar-refractivity contribution in [3.63, 3.8) is 0 Å². The lowest BCUT2D eigenvalue weighted by Crippen LogP contribution is -2.34. The fourth-order valence-corrected chi connectivity index (χ4v) is 3.15. The highest BCUT2D eigenvalue weighted by atomic mass is 32.1. The van der Waals surface area contributed by atoms with Gasteiger partial charge in [-0.2, -0.15) is 0 Å². The molecule has 0 amide bonds. The Morgan fingerprint density at radius 1 is 1.47 bits per heavy atom. The largest absolute Gasteiger partial charge is 0.469 e. The van der Waals surface area contributed by atoms with Crippen molar-refractivity contribution < 1.29 is 14.3 Å². The molecule has 0 atom stereocenters. The fraction of sp³-hybridized carbons (Fsp3) is 0.692. The Morgan fingerprint density at radius 3 is 2.84 bits per heavy atom. The number of carbonyl (C=O) groups is 1. The molecule has 1 fully saturated rings. The van der Waals surface area contributed by atoms with Crippen LogP contribution in [0.4, 0.5) is 5.13 Å². The Bertz CT molecular complexity index is 414. The van der Waals surface area contributed by atoms with Crippen molar-refractivity contribution in [2.75, 3.05) is 38.8 Å². The van der Waals surface area contributed by atoms with Gasteiger partial charge in [0.25, 0.3) is 0 Å². The highest BCUT2D eigenvalue weighted by molar-refractivity contribution is 7.13. The van der Waals surface area contributed by atoms with Crippen molar-refractivity contribution in [2.24, 2.45) is 5.92 Å². The molecule has 0 bridgehead atoms. The Hall–Kier alpha value is -1.14. The van der Waals surface area contributed by atoms with Crippen LogP contribution in [-0.4, -0.2) is 44.9 Å². The van der Waals surface area contributed by atoms with Gasteiger partial charge in [-0.05, 0) is 18.8 Å². The zero-order chi connectivity index (χ0) is 13.7. The maximum absolute atomic E-state index is 11.2. The molecule has 5 nitrogen and oxygen atoms in total. The monoisotopic (exact) mass is 284 g/mol. The molecule has 0 aliphatic carbocycles. The highest BCUT2D eigenvalue weighted by Crippen LogP contribution is 2.26. The summed E-state index contributed by atoms with van der Waals surface area (Å²) in [5, 5.41) is 2.95. The second kappa shape index (κ2) is 6.86. The number of nitrogens with zero attached hydrogens (tertiary/aromatic N) is 2. The van der Waals surface area contributed by atoms with Crippen LogP contribution in [0.25, 0.3) is 0 Å². The van der Waals surface area contributed by atoms with Gasteiger partial charge >= 0.3 is 5.97 Å². The molecule has 0 radical (unpaired) electrons. The zero-order valence-corrected chi connectivity index (χ0v) is 12.2. The normalized spacial score (nSPS) is 16.6. The molecule has 0 unspecified atom stereocenters. The van der Waals surface area contributed by atoms with Gasteiger partial charge in [-0.3, -0.25) is 4.79 Å². The van der Waals surface area contributed by atoms with E-state index in [1.807, 2.05) is 5.38 Å². The van der Waals surface area contributed by atoms with Gasteiger partial charge in [0.1, 0.15) is 0 Å². The molecule has 6 heteroatoms. The van der Waals surface area contributed by atoms with Crippen LogP contribution in [0.2, 0.25) is 0 Å². The van der Waals surface area contributed by atoms with E-state index in [0.717, 1.165) is 43.4 Å². The number of hydrogen-bond acceptors (Lipinski definition) is 6. The number of hydrogen-bond donors (Lipinski definition) is 0. The first-order valence-electron chi connectivity index (χ1n) is 6.48. The molecule has 19 heavy (non-hydrogen) atoms. The van der Waals surface area contributed by atoms with Gasteiger partial charge in [0, 0.05) is 32.2 Å². The number of rotatable bonds is 5. The molecule has 0 spiro atoms. The van der Waals surface area contributed by atoms with Crippen molar-refractivity contribution in [1.29, 1.82) is 0 Å². The SMILES string of the molecule is COCC1CCN(c2nc(CC(=O)OC)cs2)CC1. The summed E-state index contributed by atoms with van der Waals surface area (Å²) >= 11 is 1.60. The van der Waals surface area contributed by atoms with Crippen LogP contribution in [0.5, 0.6) is 0 Å². The third-order valence-corrected chi connectivity index (χ3v) is 4.33. The van der Waals surface area contributed by atoms with Crippen LogP contribution in [0.1, 0.15) is 18.5 Å². The quantitative estimate of drug-likeness (QED) is 0.771. The molecular weight excluding hydrogens is 264 g/mol. The predicted molar refractivity (Wildman–Crippen MR) is 74.6 cm³/mol. The number of ether oxygens (including phenoxy) is 2. The summed E-state index contributed by atoms with van der Waals surface area (Å²) in [5.41, 5.74) is 0.797. The number of esters is 1. The number of piperidine rings is 1. The lowest BCUT2D eigenvalue weighted by Gasteiger charge is -2.31. The molecule has 1 aliphatic rings. The summed E-state index contributed by atoms with van der Waals surface area (Å²) in [5.74, 6) is 0.423. The number of thiazole rings is 1. The van der Waals surface area contributed by atoms with Crippen LogP contribution < -0.4 is 4.90 Å². The first-order chi connectivity index (χ1) is 9.22. The Morgan fingerprint density at radius 2 is 2.21 bits per heavy atom. The van der Waals surface area contributed by atoms with Crippen molar-refractivity contribution in [3.8, 4) is 0 Å². The van der Waals surface area contributed by atoms with Gasteiger partial charge in [0.05, 0.1) is 19.2 Å². The molecular formula is C13H20N2O3S. The van der Waals surface area contributed by atoms with Crippen LogP contribution in [0.15, 0.2) is 5.38 Å². The van der Waals surface area contributed by atoms with E-state index in [-0.39, 0.29) is 12.4 Å². The van der Waals surface area contributed by atoms with Crippen molar-refractivity contribution in [2.45, 2.75) is 19.3 Å². The van der Waals surface area contributed by atoms with E-state index < -0.39 is 0 Å². The third kappa shape index (κ3) is 3.91. The topological polar surface area (TPSA) is 51.7 Å². The minimum Gasteiger partial charge on any atom is -0.469 e. The second-order valence-corrected chi connectivity index (χ2v) is 5.60. The highest BCUT2D eigenvalue weighted by Gasteiger charge is 2.21. The lowest BCUT2D eigenvalue weighted by molar-refractivity contribution is -0.139. The molecule has 0 aromatic carbocycles. The van der Waals surface area contributed by atoms with Crippen LogP contribution >= 0.6 is 11.3 Å². The van der Waals surface area contributed by atoms with E-state index >= 15 is 0 Å². The summed E-state index contributed by atoms with van der Waals surface area (Å²) in [6.07, 6.45) is 2.53. The minimum atomic E-state index is -0.240. The maximum atomic E-state index is 11.2. The van der Waals surface area contributed by atoms with Gasteiger partial charge in [-0.1, -0.05) is 0 Å². The van der Waals surface area contributed by atoms with Gasteiger partial charge < -0.3 is 14.4 Å². The Kier molecular flexibility index (Phi) is 5.15. The molecule has 1 aromatic rings. The first-order valence-corrected chi connectivity index (χ1v) is 7.36. The van der Waals surface area contributed by atoms with Gasteiger partial charge in [-0.25, -0.2) is 4.98 Å². The van der Waals surface area contributed by atoms with E-state index in [1.54, 1.807) is 18.4 Å². The summed E-state index contributed by atoms with van der Waals surface area (Å²) in [6.45, 7) is 2.87.